The molecule has 0 N–H and O–H groups in total. The predicted molar refractivity (Wildman–Crippen MR) is 60.6 cm³/mol. The lowest BCUT2D eigenvalue weighted by molar-refractivity contribution is 0.0790. The fraction of sp³-hybridized carbons (Fsp3) is 0.308. The maximum absolute atomic E-state index is 12.0. The standard InChI is InChI=1S/C13H15NO/c1-10-8-14(9-11(10)2)13(15)12-6-4-3-5-7-12/h3-7,11H,1,8-9H2,2H3. The van der Waals surface area contributed by atoms with Crippen molar-refractivity contribution in [2.24, 2.45) is 5.92 Å². The number of carbonyl (C=O) groups excluding carboxylic acids is 1. The van der Waals surface area contributed by atoms with Crippen molar-refractivity contribution in [2.75, 3.05) is 13.1 Å². The molecule has 0 saturated carbocycles. The molecular weight excluding hydrogens is 186 g/mol. The first kappa shape index (κ1) is 9.97. The quantitative estimate of drug-likeness (QED) is 0.639. The van der Waals surface area contributed by atoms with Gasteiger partial charge in [0.05, 0.1) is 0 Å². The number of carbonyl (C=O) groups is 1. The average molecular weight is 201 g/mol. The maximum Gasteiger partial charge on any atom is 0.254 e. The van der Waals surface area contributed by atoms with Crippen molar-refractivity contribution < 1.29 is 4.79 Å². The zero-order valence-corrected chi connectivity index (χ0v) is 8.94. The summed E-state index contributed by atoms with van der Waals surface area (Å²) in [6.45, 7) is 7.58. The van der Waals surface area contributed by atoms with Gasteiger partial charge in [-0.2, -0.15) is 0 Å². The molecule has 1 atom stereocenters. The molecule has 1 aromatic rings. The van der Waals surface area contributed by atoms with Gasteiger partial charge in [-0.1, -0.05) is 37.3 Å². The number of rotatable bonds is 1. The van der Waals surface area contributed by atoms with Gasteiger partial charge in [0, 0.05) is 18.7 Å². The van der Waals surface area contributed by atoms with Gasteiger partial charge in [-0.25, -0.2) is 0 Å². The summed E-state index contributed by atoms with van der Waals surface area (Å²) in [5.74, 6) is 0.541. The lowest BCUT2D eigenvalue weighted by Crippen LogP contribution is -2.28. The van der Waals surface area contributed by atoms with Crippen molar-refractivity contribution in [2.45, 2.75) is 6.92 Å². The molecule has 1 amide bonds. The van der Waals surface area contributed by atoms with Crippen molar-refractivity contribution in [1.29, 1.82) is 0 Å². The van der Waals surface area contributed by atoms with Crippen LogP contribution in [0.15, 0.2) is 42.5 Å². The molecule has 1 aliphatic rings. The highest BCUT2D eigenvalue weighted by atomic mass is 16.2. The van der Waals surface area contributed by atoms with Crippen molar-refractivity contribution in [3.05, 3.63) is 48.0 Å². The van der Waals surface area contributed by atoms with Crippen LogP contribution in [0.25, 0.3) is 0 Å². The van der Waals surface area contributed by atoms with E-state index in [2.05, 4.69) is 13.5 Å². The molecule has 1 aromatic carbocycles. The topological polar surface area (TPSA) is 20.3 Å². The number of nitrogens with zero attached hydrogens (tertiary/aromatic N) is 1. The van der Waals surface area contributed by atoms with E-state index in [4.69, 9.17) is 0 Å². The number of likely N-dealkylation sites (tertiary alicyclic amines) is 1. The van der Waals surface area contributed by atoms with Gasteiger partial charge in [0.1, 0.15) is 0 Å². The van der Waals surface area contributed by atoms with Crippen molar-refractivity contribution >= 4 is 5.91 Å². The van der Waals surface area contributed by atoms with E-state index >= 15 is 0 Å². The van der Waals surface area contributed by atoms with Crippen molar-refractivity contribution in [3.8, 4) is 0 Å². The van der Waals surface area contributed by atoms with Crippen LogP contribution in [0.2, 0.25) is 0 Å². The fourth-order valence-electron chi connectivity index (χ4n) is 1.84. The minimum Gasteiger partial charge on any atom is -0.334 e. The maximum atomic E-state index is 12.0. The highest BCUT2D eigenvalue weighted by Crippen LogP contribution is 2.21. The van der Waals surface area contributed by atoms with Crippen LogP contribution in [-0.4, -0.2) is 23.9 Å². The summed E-state index contributed by atoms with van der Waals surface area (Å²) >= 11 is 0. The van der Waals surface area contributed by atoms with Crippen LogP contribution in [0.5, 0.6) is 0 Å². The Morgan fingerprint density at radius 1 is 1.40 bits per heavy atom. The highest BCUT2D eigenvalue weighted by Gasteiger charge is 2.26. The Balaban J connectivity index is 2.14. The van der Waals surface area contributed by atoms with Crippen LogP contribution < -0.4 is 0 Å². The van der Waals surface area contributed by atoms with E-state index < -0.39 is 0 Å². The third-order valence-electron chi connectivity index (χ3n) is 2.89. The first-order valence-electron chi connectivity index (χ1n) is 5.20. The predicted octanol–water partition coefficient (Wildman–Crippen LogP) is 2.33. The van der Waals surface area contributed by atoms with Gasteiger partial charge in [-0.3, -0.25) is 4.79 Å². The normalized spacial score (nSPS) is 20.7. The van der Waals surface area contributed by atoms with E-state index in [-0.39, 0.29) is 5.91 Å². The van der Waals surface area contributed by atoms with E-state index in [0.717, 1.165) is 17.7 Å². The minimum atomic E-state index is 0.112. The van der Waals surface area contributed by atoms with Gasteiger partial charge in [0.15, 0.2) is 0 Å². The molecule has 0 bridgehead atoms. The summed E-state index contributed by atoms with van der Waals surface area (Å²) in [5.41, 5.74) is 1.92. The lowest BCUT2D eigenvalue weighted by Gasteiger charge is -2.15. The van der Waals surface area contributed by atoms with Crippen LogP contribution >= 0.6 is 0 Å². The zero-order valence-electron chi connectivity index (χ0n) is 8.94. The van der Waals surface area contributed by atoms with Gasteiger partial charge in [0.25, 0.3) is 5.91 Å². The Bertz CT molecular complexity index is 383. The SMILES string of the molecule is C=C1CN(C(=O)c2ccccc2)CC1C. The van der Waals surface area contributed by atoms with E-state index in [9.17, 15) is 4.79 Å². The average Bonchev–Trinajstić information content (AvgIpc) is 2.59. The van der Waals surface area contributed by atoms with Gasteiger partial charge in [-0.05, 0) is 18.1 Å². The number of benzene rings is 1. The Labute approximate surface area is 90.2 Å². The molecule has 78 valence electrons. The molecule has 2 nitrogen and oxygen atoms in total. The molecule has 1 heterocycles. The lowest BCUT2D eigenvalue weighted by atomic mass is 10.1. The first-order valence-corrected chi connectivity index (χ1v) is 5.20. The van der Waals surface area contributed by atoms with E-state index in [1.165, 1.54) is 0 Å². The van der Waals surface area contributed by atoms with E-state index in [1.807, 2.05) is 35.2 Å². The molecule has 1 unspecified atom stereocenters. The van der Waals surface area contributed by atoms with Crippen LogP contribution in [-0.2, 0) is 0 Å². The number of hydrogen-bond donors (Lipinski definition) is 0. The number of hydrogen-bond acceptors (Lipinski definition) is 1. The van der Waals surface area contributed by atoms with Gasteiger partial charge in [-0.15, -0.1) is 0 Å². The monoisotopic (exact) mass is 201 g/mol. The molecule has 0 aliphatic carbocycles. The molecule has 0 spiro atoms. The second-order valence-electron chi connectivity index (χ2n) is 4.11. The van der Waals surface area contributed by atoms with Gasteiger partial charge < -0.3 is 4.90 Å². The number of amides is 1. The largest absolute Gasteiger partial charge is 0.334 e. The third-order valence-corrected chi connectivity index (χ3v) is 2.89. The van der Waals surface area contributed by atoms with Crippen molar-refractivity contribution in [1.82, 2.24) is 4.90 Å². The second kappa shape index (κ2) is 3.89. The minimum absolute atomic E-state index is 0.112. The molecule has 1 aliphatic heterocycles. The molecule has 15 heavy (non-hydrogen) atoms. The molecule has 1 fully saturated rings. The Hall–Kier alpha value is -1.57. The highest BCUT2D eigenvalue weighted by molar-refractivity contribution is 5.94. The van der Waals surface area contributed by atoms with Crippen LogP contribution in [0.1, 0.15) is 17.3 Å². The Kier molecular flexibility index (Phi) is 2.58. The summed E-state index contributed by atoms with van der Waals surface area (Å²) in [5, 5.41) is 0. The third kappa shape index (κ3) is 1.94. The first-order chi connectivity index (χ1) is 7.18. The molecule has 1 saturated heterocycles. The summed E-state index contributed by atoms with van der Waals surface area (Å²) in [6.07, 6.45) is 0. The second-order valence-corrected chi connectivity index (χ2v) is 4.11. The Morgan fingerprint density at radius 2 is 2.07 bits per heavy atom. The fourth-order valence-corrected chi connectivity index (χ4v) is 1.84. The van der Waals surface area contributed by atoms with Gasteiger partial charge in [0.2, 0.25) is 0 Å². The molecular formula is C13H15NO. The summed E-state index contributed by atoms with van der Waals surface area (Å²) < 4.78 is 0. The van der Waals surface area contributed by atoms with E-state index in [1.54, 1.807) is 0 Å². The molecule has 2 rings (SSSR count). The van der Waals surface area contributed by atoms with Crippen LogP contribution in [0.4, 0.5) is 0 Å². The smallest absolute Gasteiger partial charge is 0.254 e. The van der Waals surface area contributed by atoms with Crippen LogP contribution in [0, 0.1) is 5.92 Å². The molecule has 0 aromatic heterocycles. The summed E-state index contributed by atoms with van der Waals surface area (Å²) in [4.78, 5) is 13.9. The van der Waals surface area contributed by atoms with Crippen LogP contribution in [0.3, 0.4) is 0 Å². The zero-order chi connectivity index (χ0) is 10.8. The molecule has 0 radical (unpaired) electrons. The Morgan fingerprint density at radius 3 is 2.60 bits per heavy atom. The van der Waals surface area contributed by atoms with E-state index in [0.29, 0.717) is 12.5 Å². The molecule has 2 heteroatoms. The van der Waals surface area contributed by atoms with Gasteiger partial charge >= 0.3 is 0 Å². The summed E-state index contributed by atoms with van der Waals surface area (Å²) in [6, 6.07) is 9.41. The summed E-state index contributed by atoms with van der Waals surface area (Å²) in [7, 11) is 0. The van der Waals surface area contributed by atoms with Crippen molar-refractivity contribution in [3.63, 3.8) is 0 Å².